The third kappa shape index (κ3) is 2.20. The third-order valence-electron chi connectivity index (χ3n) is 3.45. The molecule has 0 bridgehead atoms. The fraction of sp³-hybridized carbons (Fsp3) is 0.500. The number of hydrogen-bond donors (Lipinski definition) is 0. The van der Waals surface area contributed by atoms with Crippen molar-refractivity contribution in [2.24, 2.45) is 9.78 Å². The summed E-state index contributed by atoms with van der Waals surface area (Å²) in [5.41, 5.74) is 1.02. The van der Waals surface area contributed by atoms with Gasteiger partial charge >= 0.3 is 10.5 Å². The van der Waals surface area contributed by atoms with Gasteiger partial charge in [0.2, 0.25) is 0 Å². The molecule has 0 N–H and O–H groups in total. The van der Waals surface area contributed by atoms with Crippen LogP contribution >= 0.6 is 0 Å². The lowest BCUT2D eigenvalue weighted by Crippen LogP contribution is -1.91. The minimum absolute atomic E-state index is 0.0886. The van der Waals surface area contributed by atoms with Crippen molar-refractivity contribution in [1.82, 2.24) is 0 Å². The fourth-order valence-corrected chi connectivity index (χ4v) is 2.90. The highest BCUT2D eigenvalue weighted by Gasteiger charge is 2.59. The summed E-state index contributed by atoms with van der Waals surface area (Å²) in [7, 11) is -0.710. The molecule has 0 spiro atoms. The first-order chi connectivity index (χ1) is 7.96. The van der Waals surface area contributed by atoms with E-state index in [-0.39, 0.29) is 17.4 Å². The van der Waals surface area contributed by atoms with Gasteiger partial charge < -0.3 is 4.74 Å². The van der Waals surface area contributed by atoms with Crippen LogP contribution in [0.5, 0.6) is 5.75 Å². The van der Waals surface area contributed by atoms with Gasteiger partial charge in [0.25, 0.3) is 0 Å². The maximum Gasteiger partial charge on any atom is 0.311 e. The Balaban J connectivity index is 2.27. The zero-order chi connectivity index (χ0) is 12.6. The molecule has 0 heterocycles. The average molecular weight is 253 g/mol. The number of rotatable bonds is 3. The molecule has 1 saturated carbocycles. The van der Waals surface area contributed by atoms with Gasteiger partial charge in [-0.1, -0.05) is 26.0 Å². The van der Waals surface area contributed by atoms with E-state index in [0.29, 0.717) is 0 Å². The van der Waals surface area contributed by atoms with Gasteiger partial charge in [0, 0.05) is 5.92 Å². The molecule has 4 nitrogen and oxygen atoms in total. The first-order valence-corrected chi connectivity index (χ1v) is 6.44. The van der Waals surface area contributed by atoms with E-state index in [2.05, 4.69) is 4.36 Å². The smallest absolute Gasteiger partial charge is 0.311 e. The SMILES string of the molecule is COc1ccc(C2C(N=S(=O)=O)C2(C)C)cc1. The Kier molecular flexibility index (Phi) is 2.95. The van der Waals surface area contributed by atoms with Crippen molar-refractivity contribution < 1.29 is 13.2 Å². The molecule has 17 heavy (non-hydrogen) atoms. The largest absolute Gasteiger partial charge is 0.497 e. The Labute approximate surface area is 102 Å². The molecule has 0 saturated heterocycles. The van der Waals surface area contributed by atoms with Crippen molar-refractivity contribution in [2.45, 2.75) is 25.8 Å². The van der Waals surface area contributed by atoms with Gasteiger partial charge in [-0.25, -0.2) is 0 Å². The van der Waals surface area contributed by atoms with Crippen molar-refractivity contribution in [3.63, 3.8) is 0 Å². The van der Waals surface area contributed by atoms with E-state index in [4.69, 9.17) is 4.74 Å². The Bertz CT molecular complexity index is 538. The van der Waals surface area contributed by atoms with Gasteiger partial charge in [0.05, 0.1) is 13.2 Å². The summed E-state index contributed by atoms with van der Waals surface area (Å²) < 4.78 is 30.1. The number of methoxy groups -OCH3 is 1. The highest BCUT2D eigenvalue weighted by atomic mass is 32.2. The zero-order valence-electron chi connectivity index (χ0n) is 10.0. The summed E-state index contributed by atoms with van der Waals surface area (Å²) in [6.07, 6.45) is 0. The molecule has 1 aromatic carbocycles. The minimum Gasteiger partial charge on any atom is -0.497 e. The topological polar surface area (TPSA) is 55.7 Å². The lowest BCUT2D eigenvalue weighted by Gasteiger charge is -2.03. The van der Waals surface area contributed by atoms with Gasteiger partial charge in [-0.2, -0.15) is 12.8 Å². The van der Waals surface area contributed by atoms with Crippen LogP contribution in [0, 0.1) is 5.41 Å². The predicted molar refractivity (Wildman–Crippen MR) is 64.7 cm³/mol. The summed E-state index contributed by atoms with van der Waals surface area (Å²) in [6, 6.07) is 7.56. The summed E-state index contributed by atoms with van der Waals surface area (Å²) in [6.45, 7) is 4.06. The minimum atomic E-state index is -2.33. The lowest BCUT2D eigenvalue weighted by molar-refractivity contribution is 0.414. The molecule has 0 aromatic heterocycles. The average Bonchev–Trinajstić information content (AvgIpc) is 2.80. The Morgan fingerprint density at radius 2 is 1.82 bits per heavy atom. The number of ether oxygens (including phenoxy) is 1. The molecule has 0 radical (unpaired) electrons. The van der Waals surface area contributed by atoms with Gasteiger partial charge in [0.15, 0.2) is 0 Å². The lowest BCUT2D eigenvalue weighted by atomic mass is 10.0. The summed E-state index contributed by atoms with van der Waals surface area (Å²) in [5, 5.41) is 0. The van der Waals surface area contributed by atoms with E-state index in [1.54, 1.807) is 7.11 Å². The van der Waals surface area contributed by atoms with Crippen LogP contribution in [0.2, 0.25) is 0 Å². The van der Waals surface area contributed by atoms with E-state index in [0.717, 1.165) is 11.3 Å². The standard InChI is InChI=1S/C12H15NO3S/c1-12(2)10(11(12)13-17(14)15)8-4-6-9(16-3)7-5-8/h4-7,10-11H,1-3H3. The summed E-state index contributed by atoms with van der Waals surface area (Å²) in [4.78, 5) is 0. The maximum atomic E-state index is 10.6. The summed E-state index contributed by atoms with van der Waals surface area (Å²) >= 11 is 0. The Hall–Kier alpha value is -1.36. The monoisotopic (exact) mass is 253 g/mol. The van der Waals surface area contributed by atoms with Crippen LogP contribution in [0.4, 0.5) is 0 Å². The van der Waals surface area contributed by atoms with E-state index >= 15 is 0 Å². The number of hydrogen-bond acceptors (Lipinski definition) is 4. The second-order valence-corrected chi connectivity index (χ2v) is 5.48. The first kappa shape index (κ1) is 12.1. The molecule has 92 valence electrons. The molecule has 1 fully saturated rings. The zero-order valence-corrected chi connectivity index (χ0v) is 10.9. The van der Waals surface area contributed by atoms with Crippen molar-refractivity contribution in [3.8, 4) is 5.75 Å². The maximum absolute atomic E-state index is 10.6. The van der Waals surface area contributed by atoms with Gasteiger partial charge in [-0.3, -0.25) is 0 Å². The molecule has 2 rings (SSSR count). The van der Waals surface area contributed by atoms with Crippen LogP contribution in [-0.2, 0) is 10.5 Å². The van der Waals surface area contributed by atoms with Crippen LogP contribution < -0.4 is 4.74 Å². The van der Waals surface area contributed by atoms with Crippen LogP contribution in [0.15, 0.2) is 28.6 Å². The molecule has 2 unspecified atom stereocenters. The molecule has 1 aliphatic carbocycles. The molecular formula is C12H15NO3S. The Morgan fingerprint density at radius 3 is 2.29 bits per heavy atom. The predicted octanol–water partition coefficient (Wildman–Crippen LogP) is 2.25. The van der Waals surface area contributed by atoms with E-state index in [1.807, 2.05) is 38.1 Å². The van der Waals surface area contributed by atoms with Crippen molar-refractivity contribution in [1.29, 1.82) is 0 Å². The molecule has 1 aromatic rings. The van der Waals surface area contributed by atoms with E-state index in [9.17, 15) is 8.42 Å². The number of nitrogens with zero attached hydrogens (tertiary/aromatic N) is 1. The molecule has 0 aliphatic heterocycles. The molecule has 1 aliphatic rings. The second kappa shape index (κ2) is 4.14. The fourth-order valence-electron chi connectivity index (χ4n) is 2.32. The first-order valence-electron chi connectivity index (χ1n) is 5.41. The quantitative estimate of drug-likeness (QED) is 0.830. The van der Waals surface area contributed by atoms with Crippen LogP contribution in [0.3, 0.4) is 0 Å². The van der Waals surface area contributed by atoms with Gasteiger partial charge in [-0.05, 0) is 23.1 Å². The van der Waals surface area contributed by atoms with E-state index < -0.39 is 10.5 Å². The molecular weight excluding hydrogens is 238 g/mol. The highest BCUT2D eigenvalue weighted by molar-refractivity contribution is 7.61. The molecule has 0 amide bonds. The summed E-state index contributed by atoms with van der Waals surface area (Å²) in [5.74, 6) is 0.972. The third-order valence-corrected chi connectivity index (χ3v) is 3.84. The Morgan fingerprint density at radius 1 is 1.24 bits per heavy atom. The van der Waals surface area contributed by atoms with E-state index in [1.165, 1.54) is 0 Å². The van der Waals surface area contributed by atoms with Gasteiger partial charge in [0.1, 0.15) is 5.75 Å². The van der Waals surface area contributed by atoms with Crippen LogP contribution in [0.25, 0.3) is 0 Å². The van der Waals surface area contributed by atoms with Crippen molar-refractivity contribution in [2.75, 3.05) is 7.11 Å². The normalized spacial score (nSPS) is 25.1. The number of benzene rings is 1. The van der Waals surface area contributed by atoms with Crippen LogP contribution in [0.1, 0.15) is 25.3 Å². The van der Waals surface area contributed by atoms with Crippen molar-refractivity contribution in [3.05, 3.63) is 29.8 Å². The van der Waals surface area contributed by atoms with Crippen molar-refractivity contribution >= 4 is 10.5 Å². The second-order valence-electron chi connectivity index (χ2n) is 4.84. The molecule has 2 atom stereocenters. The van der Waals surface area contributed by atoms with Crippen LogP contribution in [-0.4, -0.2) is 21.6 Å². The van der Waals surface area contributed by atoms with Gasteiger partial charge in [-0.15, -0.1) is 0 Å². The highest BCUT2D eigenvalue weighted by Crippen LogP contribution is 2.60. The molecule has 5 heteroatoms.